The summed E-state index contributed by atoms with van der Waals surface area (Å²) in [5.74, 6) is 0.426. The Morgan fingerprint density at radius 3 is 2.81 bits per heavy atom. The third-order valence-corrected chi connectivity index (χ3v) is 6.99. The minimum atomic E-state index is -0.678. The number of H-pyrrole nitrogens is 1. The number of piperidine rings is 1. The van der Waals surface area contributed by atoms with Crippen LogP contribution in [0.2, 0.25) is 0 Å². The highest BCUT2D eigenvalue weighted by Gasteiger charge is 2.25. The van der Waals surface area contributed by atoms with Gasteiger partial charge in [-0.15, -0.1) is 0 Å². The van der Waals surface area contributed by atoms with Crippen LogP contribution >= 0.6 is 0 Å². The van der Waals surface area contributed by atoms with Gasteiger partial charge < -0.3 is 14.7 Å². The normalized spacial score (nSPS) is 16.3. The highest BCUT2D eigenvalue weighted by molar-refractivity contribution is 5.91. The van der Waals surface area contributed by atoms with Gasteiger partial charge >= 0.3 is 12.1 Å². The Balaban J connectivity index is 1.45. The van der Waals surface area contributed by atoms with Crippen molar-refractivity contribution in [2.24, 2.45) is 0 Å². The molecule has 0 radical (unpaired) electrons. The first-order valence-electron chi connectivity index (χ1n) is 12.8. The summed E-state index contributed by atoms with van der Waals surface area (Å²) in [6.45, 7) is 2.24. The molecular weight excluding hydrogens is 472 g/mol. The first kappa shape index (κ1) is 26.4. The molecule has 10 nitrogen and oxygen atoms in total. The zero-order valence-electron chi connectivity index (χ0n) is 21.2. The third-order valence-electron chi connectivity index (χ3n) is 6.99. The monoisotopic (exact) mass is 506 g/mol. The molecule has 1 aliphatic carbocycles. The summed E-state index contributed by atoms with van der Waals surface area (Å²) in [6, 6.07) is 8.01. The standard InChI is InChI=1S/C27H34N6O4/c1-32(13-14-34)18-25(35)33-11-9-19(10-12-33)21-7-8-24(23(15-21)20-5-3-2-4-6-20)31-27(36)37-26-29-17-22(16-28)30-26/h5,7-8,15,17,19,34H,2-4,6,9-14,18H2,1H3,(H,29,30)(H,31,36). The fraction of sp³-hybridized carbons (Fsp3) is 0.481. The number of nitriles is 1. The number of likely N-dealkylation sites (tertiary alicyclic amines) is 1. The van der Waals surface area contributed by atoms with E-state index in [4.69, 9.17) is 15.1 Å². The lowest BCUT2D eigenvalue weighted by Gasteiger charge is -2.33. The molecule has 1 fully saturated rings. The number of rotatable bonds is 8. The zero-order chi connectivity index (χ0) is 26.2. The smallest absolute Gasteiger partial charge is 0.395 e. The Morgan fingerprint density at radius 2 is 2.14 bits per heavy atom. The minimum absolute atomic E-state index is 0.0343. The van der Waals surface area contributed by atoms with Crippen LogP contribution in [0.25, 0.3) is 5.57 Å². The van der Waals surface area contributed by atoms with E-state index in [0.29, 0.717) is 37.8 Å². The molecule has 0 bridgehead atoms. The molecule has 0 atom stereocenters. The van der Waals surface area contributed by atoms with Crippen molar-refractivity contribution in [2.75, 3.05) is 45.2 Å². The number of anilines is 1. The van der Waals surface area contributed by atoms with Crippen LogP contribution < -0.4 is 10.1 Å². The second kappa shape index (κ2) is 12.5. The predicted octanol–water partition coefficient (Wildman–Crippen LogP) is 3.48. The van der Waals surface area contributed by atoms with Crippen LogP contribution in [0.1, 0.15) is 61.3 Å². The molecule has 1 aromatic carbocycles. The lowest BCUT2D eigenvalue weighted by atomic mass is 9.85. The Kier molecular flexibility index (Phi) is 8.93. The fourth-order valence-corrected chi connectivity index (χ4v) is 4.95. The van der Waals surface area contributed by atoms with Crippen molar-refractivity contribution in [3.63, 3.8) is 0 Å². The van der Waals surface area contributed by atoms with E-state index in [2.05, 4.69) is 27.4 Å². The average molecular weight is 507 g/mol. The molecule has 3 N–H and O–H groups in total. The number of aliphatic hydroxyl groups excluding tert-OH is 1. The molecule has 4 rings (SSSR count). The number of carbonyl (C=O) groups is 2. The van der Waals surface area contributed by atoms with Crippen molar-refractivity contribution >= 4 is 23.3 Å². The van der Waals surface area contributed by atoms with E-state index in [9.17, 15) is 9.59 Å². The number of nitrogens with one attached hydrogen (secondary N) is 2. The lowest BCUT2D eigenvalue weighted by Crippen LogP contribution is -2.43. The molecule has 37 heavy (non-hydrogen) atoms. The number of likely N-dealkylation sites (N-methyl/N-ethyl adjacent to an activating group) is 1. The number of aromatic amines is 1. The number of carbonyl (C=O) groups excluding carboxylic acids is 2. The number of aromatic nitrogens is 2. The Bertz CT molecular complexity index is 1180. The molecule has 1 saturated heterocycles. The molecule has 1 aromatic heterocycles. The van der Waals surface area contributed by atoms with E-state index in [1.807, 2.05) is 35.0 Å². The molecule has 2 aliphatic rings. The Morgan fingerprint density at radius 1 is 1.32 bits per heavy atom. The van der Waals surface area contributed by atoms with Crippen molar-refractivity contribution in [3.8, 4) is 12.1 Å². The van der Waals surface area contributed by atoms with E-state index in [-0.39, 0.29) is 24.2 Å². The van der Waals surface area contributed by atoms with Gasteiger partial charge in [-0.1, -0.05) is 12.1 Å². The van der Waals surface area contributed by atoms with Crippen molar-refractivity contribution in [1.29, 1.82) is 5.26 Å². The van der Waals surface area contributed by atoms with Crippen molar-refractivity contribution in [2.45, 2.75) is 44.4 Å². The van der Waals surface area contributed by atoms with Crippen molar-refractivity contribution in [1.82, 2.24) is 19.8 Å². The Labute approximate surface area is 216 Å². The molecule has 10 heteroatoms. The second-order valence-electron chi connectivity index (χ2n) is 9.62. The maximum Gasteiger partial charge on any atom is 0.419 e. The van der Waals surface area contributed by atoms with Gasteiger partial charge in [-0.2, -0.15) is 5.26 Å². The van der Waals surface area contributed by atoms with Crippen LogP contribution in [0.4, 0.5) is 10.5 Å². The number of imidazole rings is 1. The summed E-state index contributed by atoms with van der Waals surface area (Å²) in [4.78, 5) is 35.4. The van der Waals surface area contributed by atoms with Crippen LogP contribution in [0, 0.1) is 11.3 Å². The van der Waals surface area contributed by atoms with Gasteiger partial charge in [0.1, 0.15) is 11.8 Å². The SMILES string of the molecule is CN(CCO)CC(=O)N1CCC(c2ccc(NC(=O)Oc3ncc(C#N)[nH]3)c(C3=CCCCC3)c2)CC1. The molecule has 0 spiro atoms. The number of ether oxygens (including phenoxy) is 1. The van der Waals surface area contributed by atoms with Gasteiger partial charge in [0.05, 0.1) is 25.0 Å². The average Bonchev–Trinajstić information content (AvgIpc) is 3.37. The zero-order valence-corrected chi connectivity index (χ0v) is 21.2. The van der Waals surface area contributed by atoms with Crippen LogP contribution in [0.3, 0.4) is 0 Å². The van der Waals surface area contributed by atoms with Crippen LogP contribution in [0.5, 0.6) is 6.01 Å². The van der Waals surface area contributed by atoms with Crippen LogP contribution in [-0.4, -0.2) is 76.7 Å². The molecule has 0 saturated carbocycles. The first-order chi connectivity index (χ1) is 18.0. The Hall–Kier alpha value is -3.68. The second-order valence-corrected chi connectivity index (χ2v) is 9.62. The number of hydrogen-bond donors (Lipinski definition) is 3. The maximum atomic E-state index is 12.6. The predicted molar refractivity (Wildman–Crippen MR) is 139 cm³/mol. The number of aliphatic hydroxyl groups is 1. The third kappa shape index (κ3) is 6.96. The van der Waals surface area contributed by atoms with Gasteiger partial charge in [0.15, 0.2) is 0 Å². The van der Waals surface area contributed by atoms with Crippen LogP contribution in [0.15, 0.2) is 30.5 Å². The lowest BCUT2D eigenvalue weighted by molar-refractivity contribution is -0.133. The maximum absolute atomic E-state index is 12.6. The van der Waals surface area contributed by atoms with Crippen LogP contribution in [-0.2, 0) is 4.79 Å². The minimum Gasteiger partial charge on any atom is -0.395 e. The van der Waals surface area contributed by atoms with Crippen molar-refractivity contribution in [3.05, 3.63) is 47.3 Å². The highest BCUT2D eigenvalue weighted by Crippen LogP contribution is 2.36. The molecule has 2 heterocycles. The molecule has 2 amide bonds. The van der Waals surface area contributed by atoms with Gasteiger partial charge in [-0.25, -0.2) is 9.78 Å². The van der Waals surface area contributed by atoms with E-state index in [1.54, 1.807) is 0 Å². The van der Waals surface area contributed by atoms with Gasteiger partial charge in [-0.3, -0.25) is 20.0 Å². The van der Waals surface area contributed by atoms with E-state index >= 15 is 0 Å². The number of amides is 2. The summed E-state index contributed by atoms with van der Waals surface area (Å²) in [6.07, 6.45) is 8.86. The number of allylic oxidation sites excluding steroid dienone is 2. The largest absolute Gasteiger partial charge is 0.419 e. The number of nitrogens with zero attached hydrogens (tertiary/aromatic N) is 4. The summed E-state index contributed by atoms with van der Waals surface area (Å²) in [5, 5.41) is 20.8. The molecule has 196 valence electrons. The summed E-state index contributed by atoms with van der Waals surface area (Å²) in [5.41, 5.74) is 4.30. The van der Waals surface area contributed by atoms with Gasteiger partial charge in [-0.05, 0) is 74.8 Å². The van der Waals surface area contributed by atoms with Gasteiger partial charge in [0, 0.05) is 25.2 Å². The van der Waals surface area contributed by atoms with Gasteiger partial charge in [0.2, 0.25) is 5.91 Å². The topological polar surface area (TPSA) is 135 Å². The molecular formula is C27H34N6O4. The summed E-state index contributed by atoms with van der Waals surface area (Å²) < 4.78 is 5.22. The number of benzene rings is 1. The first-order valence-corrected chi connectivity index (χ1v) is 12.8. The molecule has 2 aromatic rings. The quantitative estimate of drug-likeness (QED) is 0.499. The molecule has 0 unspecified atom stereocenters. The summed E-state index contributed by atoms with van der Waals surface area (Å²) in [7, 11) is 1.84. The summed E-state index contributed by atoms with van der Waals surface area (Å²) >= 11 is 0. The van der Waals surface area contributed by atoms with E-state index < -0.39 is 6.09 Å². The van der Waals surface area contributed by atoms with E-state index in [1.165, 1.54) is 17.3 Å². The van der Waals surface area contributed by atoms with Crippen molar-refractivity contribution < 1.29 is 19.4 Å². The molecule has 1 aliphatic heterocycles. The fourth-order valence-electron chi connectivity index (χ4n) is 4.95. The highest BCUT2D eigenvalue weighted by atomic mass is 16.6. The van der Waals surface area contributed by atoms with Gasteiger partial charge in [0.25, 0.3) is 0 Å². The van der Waals surface area contributed by atoms with E-state index in [0.717, 1.165) is 44.1 Å². The number of hydrogen-bond acceptors (Lipinski definition) is 7.